The summed E-state index contributed by atoms with van der Waals surface area (Å²) in [5.74, 6) is -0.275. The number of methoxy groups -OCH3 is 1. The first-order valence-electron chi connectivity index (χ1n) is 5.73. The van der Waals surface area contributed by atoms with Crippen LogP contribution in [0.1, 0.15) is 24.2 Å². The van der Waals surface area contributed by atoms with E-state index in [2.05, 4.69) is 10.1 Å². The fourth-order valence-electron chi connectivity index (χ4n) is 1.29. The Kier molecular flexibility index (Phi) is 6.18. The van der Waals surface area contributed by atoms with E-state index in [1.165, 1.54) is 24.9 Å². The molecule has 0 unspecified atom stereocenters. The summed E-state index contributed by atoms with van der Waals surface area (Å²) in [6.45, 7) is 4.03. The number of anilines is 1. The second kappa shape index (κ2) is 7.40. The van der Waals surface area contributed by atoms with Gasteiger partial charge in [0.2, 0.25) is 5.91 Å². The van der Waals surface area contributed by atoms with Crippen molar-refractivity contribution in [3.8, 4) is 0 Å². The molecule has 0 aliphatic rings. The van der Waals surface area contributed by atoms with Gasteiger partial charge in [-0.3, -0.25) is 4.79 Å². The molecular formula is C13H16ClNO3S. The quantitative estimate of drug-likeness (QED) is 0.849. The van der Waals surface area contributed by atoms with Gasteiger partial charge in [0.25, 0.3) is 0 Å². The molecule has 0 radical (unpaired) electrons. The lowest BCUT2D eigenvalue weighted by molar-refractivity contribution is -0.113. The highest BCUT2D eigenvalue weighted by atomic mass is 35.5. The van der Waals surface area contributed by atoms with Gasteiger partial charge in [-0.05, 0) is 23.4 Å². The van der Waals surface area contributed by atoms with Crippen LogP contribution in [0.4, 0.5) is 5.69 Å². The van der Waals surface area contributed by atoms with Crippen LogP contribution < -0.4 is 5.32 Å². The van der Waals surface area contributed by atoms with E-state index in [-0.39, 0.29) is 5.91 Å². The molecule has 0 atom stereocenters. The Morgan fingerprint density at radius 3 is 2.68 bits per heavy atom. The van der Waals surface area contributed by atoms with Crippen molar-refractivity contribution >= 4 is 40.9 Å². The molecule has 1 aromatic carbocycles. The van der Waals surface area contributed by atoms with E-state index in [9.17, 15) is 9.59 Å². The van der Waals surface area contributed by atoms with Crippen LogP contribution in [0.25, 0.3) is 0 Å². The second-order valence-corrected chi connectivity index (χ2v) is 6.07. The van der Waals surface area contributed by atoms with Crippen molar-refractivity contribution in [1.29, 1.82) is 0 Å². The predicted molar refractivity (Wildman–Crippen MR) is 79.0 cm³/mol. The first-order valence-corrected chi connectivity index (χ1v) is 7.16. The average Bonchev–Trinajstić information content (AvgIpc) is 2.38. The van der Waals surface area contributed by atoms with Crippen LogP contribution >= 0.6 is 23.4 Å². The molecule has 0 heterocycles. The summed E-state index contributed by atoms with van der Waals surface area (Å²) in [7, 11) is 1.30. The third kappa shape index (κ3) is 5.12. The lowest BCUT2D eigenvalue weighted by Crippen LogP contribution is -2.16. The number of rotatable bonds is 5. The summed E-state index contributed by atoms with van der Waals surface area (Å²) in [6, 6.07) is 4.61. The lowest BCUT2D eigenvalue weighted by Gasteiger charge is -2.09. The van der Waals surface area contributed by atoms with Crippen LogP contribution in [-0.4, -0.2) is 30.0 Å². The number of amides is 1. The molecule has 0 bridgehead atoms. The number of carbonyl (C=O) groups is 2. The fourth-order valence-corrected chi connectivity index (χ4v) is 2.02. The highest BCUT2D eigenvalue weighted by molar-refractivity contribution is 8.00. The minimum absolute atomic E-state index is 0.150. The molecule has 0 aromatic heterocycles. The molecule has 6 heteroatoms. The number of thioether (sulfide) groups is 1. The zero-order valence-electron chi connectivity index (χ0n) is 11.0. The van der Waals surface area contributed by atoms with Crippen LogP contribution in [0.3, 0.4) is 0 Å². The van der Waals surface area contributed by atoms with E-state index in [4.69, 9.17) is 11.6 Å². The van der Waals surface area contributed by atoms with Gasteiger partial charge in [-0.2, -0.15) is 0 Å². The zero-order chi connectivity index (χ0) is 14.4. The first-order chi connectivity index (χ1) is 8.93. The number of hydrogen-bond acceptors (Lipinski definition) is 4. The predicted octanol–water partition coefficient (Wildman–Crippen LogP) is 3.21. The molecule has 0 saturated carbocycles. The van der Waals surface area contributed by atoms with Gasteiger partial charge in [0, 0.05) is 0 Å². The van der Waals surface area contributed by atoms with E-state index >= 15 is 0 Å². The maximum Gasteiger partial charge on any atom is 0.337 e. The summed E-state index contributed by atoms with van der Waals surface area (Å²) in [4.78, 5) is 23.1. The van der Waals surface area contributed by atoms with Crippen LogP contribution in [0.15, 0.2) is 18.2 Å². The number of esters is 1. The third-order valence-electron chi connectivity index (χ3n) is 2.21. The van der Waals surface area contributed by atoms with Crippen LogP contribution in [-0.2, 0) is 9.53 Å². The minimum Gasteiger partial charge on any atom is -0.465 e. The smallest absolute Gasteiger partial charge is 0.337 e. The number of ether oxygens (including phenoxy) is 1. The highest BCUT2D eigenvalue weighted by Gasteiger charge is 2.11. The first kappa shape index (κ1) is 15.9. The van der Waals surface area contributed by atoms with E-state index in [1.807, 2.05) is 13.8 Å². The number of nitrogens with one attached hydrogen (secondary N) is 1. The Morgan fingerprint density at radius 2 is 2.11 bits per heavy atom. The molecule has 1 rings (SSSR count). The van der Waals surface area contributed by atoms with Gasteiger partial charge in [0.1, 0.15) is 0 Å². The number of benzene rings is 1. The molecule has 4 nitrogen and oxygen atoms in total. The Morgan fingerprint density at radius 1 is 1.42 bits per heavy atom. The lowest BCUT2D eigenvalue weighted by atomic mass is 10.2. The SMILES string of the molecule is COC(=O)c1ccc(Cl)c(NC(=O)CSC(C)C)c1. The fraction of sp³-hybridized carbons (Fsp3) is 0.385. The maximum atomic E-state index is 11.7. The summed E-state index contributed by atoms with van der Waals surface area (Å²) in [5.41, 5.74) is 0.762. The largest absolute Gasteiger partial charge is 0.465 e. The molecule has 0 aliphatic heterocycles. The Bertz CT molecular complexity index is 477. The molecular weight excluding hydrogens is 286 g/mol. The topological polar surface area (TPSA) is 55.4 Å². The van der Waals surface area contributed by atoms with Crippen LogP contribution in [0.2, 0.25) is 5.02 Å². The maximum absolute atomic E-state index is 11.7. The van der Waals surface area contributed by atoms with Gasteiger partial charge >= 0.3 is 5.97 Å². The minimum atomic E-state index is -0.469. The van der Waals surface area contributed by atoms with Crippen molar-refractivity contribution in [2.24, 2.45) is 0 Å². The number of carbonyl (C=O) groups excluding carboxylic acids is 2. The van der Waals surface area contributed by atoms with Gasteiger partial charge in [0.05, 0.1) is 29.1 Å². The molecule has 0 fully saturated rings. The van der Waals surface area contributed by atoms with Crippen LogP contribution in [0, 0.1) is 0 Å². The van der Waals surface area contributed by atoms with E-state index in [1.54, 1.807) is 12.1 Å². The monoisotopic (exact) mass is 301 g/mol. The Balaban J connectivity index is 2.77. The van der Waals surface area contributed by atoms with Gasteiger partial charge in [0.15, 0.2) is 0 Å². The number of halogens is 1. The van der Waals surface area contributed by atoms with Crippen molar-refractivity contribution in [3.05, 3.63) is 28.8 Å². The van der Waals surface area contributed by atoms with Crippen molar-refractivity contribution < 1.29 is 14.3 Å². The standard InChI is InChI=1S/C13H16ClNO3S/c1-8(2)19-7-12(16)15-11-6-9(13(17)18-3)4-5-10(11)14/h4-6,8H,7H2,1-3H3,(H,15,16). The van der Waals surface area contributed by atoms with Crippen molar-refractivity contribution in [1.82, 2.24) is 0 Å². The third-order valence-corrected chi connectivity index (χ3v) is 3.63. The van der Waals surface area contributed by atoms with Crippen molar-refractivity contribution in [2.75, 3.05) is 18.2 Å². The second-order valence-electron chi connectivity index (χ2n) is 4.09. The molecule has 0 aliphatic carbocycles. The summed E-state index contributed by atoms with van der Waals surface area (Å²) >= 11 is 7.51. The molecule has 0 spiro atoms. The van der Waals surface area contributed by atoms with E-state index in [0.29, 0.717) is 27.3 Å². The molecule has 1 amide bonds. The van der Waals surface area contributed by atoms with Gasteiger partial charge in [-0.25, -0.2) is 4.79 Å². The van der Waals surface area contributed by atoms with Crippen LogP contribution in [0.5, 0.6) is 0 Å². The normalized spacial score (nSPS) is 10.4. The van der Waals surface area contributed by atoms with Crippen molar-refractivity contribution in [2.45, 2.75) is 19.1 Å². The number of hydrogen-bond donors (Lipinski definition) is 1. The Hall–Kier alpha value is -1.20. The van der Waals surface area contributed by atoms with Gasteiger partial charge in [-0.15, -0.1) is 11.8 Å². The van der Waals surface area contributed by atoms with Crippen molar-refractivity contribution in [3.63, 3.8) is 0 Å². The summed E-state index contributed by atoms with van der Waals surface area (Å²) in [6.07, 6.45) is 0. The highest BCUT2D eigenvalue weighted by Crippen LogP contribution is 2.24. The Labute approximate surface area is 121 Å². The molecule has 1 aromatic rings. The molecule has 104 valence electrons. The summed E-state index contributed by atoms with van der Waals surface area (Å²) in [5, 5.41) is 3.45. The van der Waals surface area contributed by atoms with E-state index < -0.39 is 5.97 Å². The molecule has 1 N–H and O–H groups in total. The van der Waals surface area contributed by atoms with Gasteiger partial charge in [-0.1, -0.05) is 25.4 Å². The molecule has 0 saturated heterocycles. The van der Waals surface area contributed by atoms with E-state index in [0.717, 1.165) is 0 Å². The zero-order valence-corrected chi connectivity index (χ0v) is 12.6. The molecule has 19 heavy (non-hydrogen) atoms. The van der Waals surface area contributed by atoms with Gasteiger partial charge < -0.3 is 10.1 Å². The average molecular weight is 302 g/mol. The summed E-state index contributed by atoms with van der Waals surface area (Å²) < 4.78 is 4.62.